The molecule has 94 valence electrons. The molecule has 2 aromatic rings. The molecule has 0 amide bonds. The highest BCUT2D eigenvalue weighted by molar-refractivity contribution is 5.31. The topological polar surface area (TPSA) is 37.8 Å². The first-order chi connectivity index (χ1) is 8.54. The first kappa shape index (κ1) is 12.5. The van der Waals surface area contributed by atoms with Gasteiger partial charge in [0.1, 0.15) is 5.82 Å². The molecule has 3 nitrogen and oxygen atoms in total. The molecule has 4 heteroatoms. The molecule has 1 N–H and O–H groups in total. The predicted octanol–water partition coefficient (Wildman–Crippen LogP) is 3.15. The van der Waals surface area contributed by atoms with E-state index in [0.29, 0.717) is 18.1 Å². The summed E-state index contributed by atoms with van der Waals surface area (Å²) in [6.07, 6.45) is 0. The van der Waals surface area contributed by atoms with Crippen molar-refractivity contribution in [3.05, 3.63) is 52.6 Å². The lowest BCUT2D eigenvalue weighted by molar-refractivity contribution is 0.616. The van der Waals surface area contributed by atoms with Gasteiger partial charge in [-0.25, -0.2) is 14.4 Å². The Morgan fingerprint density at radius 3 is 2.33 bits per heavy atom. The number of aryl methyl sites for hydroxylation is 3. The minimum atomic E-state index is -0.185. The second-order valence-corrected chi connectivity index (χ2v) is 4.41. The molecular weight excluding hydrogens is 229 g/mol. The molecule has 0 spiro atoms. The first-order valence-corrected chi connectivity index (χ1v) is 5.86. The van der Waals surface area contributed by atoms with Crippen molar-refractivity contribution in [3.63, 3.8) is 0 Å². The maximum absolute atomic E-state index is 13.4. The normalized spacial score (nSPS) is 10.4. The molecule has 1 aromatic heterocycles. The lowest BCUT2D eigenvalue weighted by Gasteiger charge is -2.07. The number of hydrogen-bond donors (Lipinski definition) is 1. The van der Waals surface area contributed by atoms with E-state index in [4.69, 9.17) is 0 Å². The second-order valence-electron chi connectivity index (χ2n) is 4.41. The van der Waals surface area contributed by atoms with Gasteiger partial charge >= 0.3 is 0 Å². The van der Waals surface area contributed by atoms with Crippen LogP contribution in [0.3, 0.4) is 0 Å². The van der Waals surface area contributed by atoms with Crippen LogP contribution >= 0.6 is 0 Å². The quantitative estimate of drug-likeness (QED) is 0.902. The summed E-state index contributed by atoms with van der Waals surface area (Å²) in [5, 5.41) is 3.10. The average Bonchev–Trinajstić information content (AvgIpc) is 2.29. The number of benzene rings is 1. The van der Waals surface area contributed by atoms with Crippen molar-refractivity contribution in [2.75, 3.05) is 5.32 Å². The highest BCUT2D eigenvalue weighted by Crippen LogP contribution is 2.11. The summed E-state index contributed by atoms with van der Waals surface area (Å²) in [5.74, 6) is 0.393. The van der Waals surface area contributed by atoms with Crippen LogP contribution in [-0.2, 0) is 6.54 Å². The number of rotatable bonds is 3. The third-order valence-electron chi connectivity index (χ3n) is 2.67. The monoisotopic (exact) mass is 245 g/mol. The second kappa shape index (κ2) is 5.12. The Balaban J connectivity index is 2.08. The molecule has 0 fully saturated rings. The minimum absolute atomic E-state index is 0.185. The van der Waals surface area contributed by atoms with Gasteiger partial charge in [-0.3, -0.25) is 0 Å². The molecule has 0 radical (unpaired) electrons. The Morgan fingerprint density at radius 2 is 1.72 bits per heavy atom. The fourth-order valence-corrected chi connectivity index (χ4v) is 1.73. The van der Waals surface area contributed by atoms with Crippen LogP contribution in [0.5, 0.6) is 0 Å². The number of hydrogen-bond acceptors (Lipinski definition) is 3. The zero-order chi connectivity index (χ0) is 13.1. The zero-order valence-corrected chi connectivity index (χ0v) is 10.8. The maximum Gasteiger partial charge on any atom is 0.223 e. The summed E-state index contributed by atoms with van der Waals surface area (Å²) in [6.45, 7) is 6.11. The minimum Gasteiger partial charge on any atom is -0.350 e. The van der Waals surface area contributed by atoms with E-state index >= 15 is 0 Å². The summed E-state index contributed by atoms with van der Waals surface area (Å²) >= 11 is 0. The molecule has 0 unspecified atom stereocenters. The molecule has 18 heavy (non-hydrogen) atoms. The zero-order valence-electron chi connectivity index (χ0n) is 10.8. The Bertz CT molecular complexity index is 547. The molecule has 1 aromatic carbocycles. The molecule has 0 aliphatic rings. The van der Waals surface area contributed by atoms with Gasteiger partial charge in [0.25, 0.3) is 0 Å². The Kier molecular flexibility index (Phi) is 3.55. The van der Waals surface area contributed by atoms with E-state index in [1.165, 1.54) is 6.07 Å². The average molecular weight is 245 g/mol. The van der Waals surface area contributed by atoms with Crippen LogP contribution in [0.15, 0.2) is 24.3 Å². The van der Waals surface area contributed by atoms with Gasteiger partial charge in [-0.05, 0) is 44.0 Å². The van der Waals surface area contributed by atoms with E-state index in [1.54, 1.807) is 13.0 Å². The number of aromatic nitrogens is 2. The molecule has 0 atom stereocenters. The highest BCUT2D eigenvalue weighted by Gasteiger charge is 2.02. The maximum atomic E-state index is 13.4. The van der Waals surface area contributed by atoms with Crippen molar-refractivity contribution < 1.29 is 4.39 Å². The van der Waals surface area contributed by atoms with Gasteiger partial charge < -0.3 is 5.32 Å². The third kappa shape index (κ3) is 3.03. The number of nitrogens with one attached hydrogen (secondary N) is 1. The fraction of sp³-hybridized carbons (Fsp3) is 0.286. The van der Waals surface area contributed by atoms with Crippen LogP contribution in [0.4, 0.5) is 10.3 Å². The van der Waals surface area contributed by atoms with Crippen molar-refractivity contribution in [2.24, 2.45) is 0 Å². The lowest BCUT2D eigenvalue weighted by Crippen LogP contribution is -2.05. The van der Waals surface area contributed by atoms with Gasteiger partial charge in [-0.15, -0.1) is 0 Å². The van der Waals surface area contributed by atoms with Gasteiger partial charge in [0.05, 0.1) is 0 Å². The standard InChI is InChI=1S/C14H16FN3/c1-9-4-5-12(7-13(9)15)8-16-14-17-10(2)6-11(3)18-14/h4-7H,8H2,1-3H3,(H,16,17,18). The number of nitrogens with zero attached hydrogens (tertiary/aromatic N) is 2. The summed E-state index contributed by atoms with van der Waals surface area (Å²) in [5.41, 5.74) is 3.36. The SMILES string of the molecule is Cc1cc(C)nc(NCc2ccc(C)c(F)c2)n1. The Labute approximate surface area is 106 Å². The molecule has 1 heterocycles. The molecular formula is C14H16FN3. The van der Waals surface area contributed by atoms with Gasteiger partial charge in [-0.2, -0.15) is 0 Å². The Morgan fingerprint density at radius 1 is 1.06 bits per heavy atom. The summed E-state index contributed by atoms with van der Waals surface area (Å²) in [4.78, 5) is 8.55. The van der Waals surface area contributed by atoms with E-state index < -0.39 is 0 Å². The smallest absolute Gasteiger partial charge is 0.223 e. The first-order valence-electron chi connectivity index (χ1n) is 5.86. The van der Waals surface area contributed by atoms with Crippen molar-refractivity contribution in [2.45, 2.75) is 27.3 Å². The van der Waals surface area contributed by atoms with Crippen molar-refractivity contribution >= 4 is 5.95 Å². The van der Waals surface area contributed by atoms with Crippen LogP contribution in [0, 0.1) is 26.6 Å². The summed E-state index contributed by atoms with van der Waals surface area (Å²) < 4.78 is 13.4. The molecule has 2 rings (SSSR count). The van der Waals surface area contributed by atoms with E-state index in [-0.39, 0.29) is 5.82 Å². The molecule has 0 aliphatic heterocycles. The van der Waals surface area contributed by atoms with Crippen LogP contribution in [0.25, 0.3) is 0 Å². The van der Waals surface area contributed by atoms with Crippen LogP contribution in [0.1, 0.15) is 22.5 Å². The van der Waals surface area contributed by atoms with E-state index in [9.17, 15) is 4.39 Å². The predicted molar refractivity (Wildman–Crippen MR) is 70.0 cm³/mol. The largest absolute Gasteiger partial charge is 0.350 e. The van der Waals surface area contributed by atoms with E-state index in [1.807, 2.05) is 26.0 Å². The van der Waals surface area contributed by atoms with E-state index in [0.717, 1.165) is 17.0 Å². The molecule has 0 saturated heterocycles. The molecule has 0 bridgehead atoms. The van der Waals surface area contributed by atoms with Crippen molar-refractivity contribution in [1.29, 1.82) is 0 Å². The highest BCUT2D eigenvalue weighted by atomic mass is 19.1. The Hall–Kier alpha value is -1.97. The van der Waals surface area contributed by atoms with E-state index in [2.05, 4.69) is 15.3 Å². The van der Waals surface area contributed by atoms with Gasteiger partial charge in [0, 0.05) is 17.9 Å². The van der Waals surface area contributed by atoms with Gasteiger partial charge in [0.15, 0.2) is 0 Å². The summed E-state index contributed by atoms with van der Waals surface area (Å²) in [7, 11) is 0. The van der Waals surface area contributed by atoms with Crippen molar-refractivity contribution in [3.8, 4) is 0 Å². The van der Waals surface area contributed by atoms with Crippen LogP contribution < -0.4 is 5.32 Å². The number of halogens is 1. The van der Waals surface area contributed by atoms with Crippen LogP contribution in [-0.4, -0.2) is 9.97 Å². The lowest BCUT2D eigenvalue weighted by atomic mass is 10.1. The van der Waals surface area contributed by atoms with Gasteiger partial charge in [-0.1, -0.05) is 12.1 Å². The molecule has 0 saturated carbocycles. The number of anilines is 1. The van der Waals surface area contributed by atoms with Gasteiger partial charge in [0.2, 0.25) is 5.95 Å². The molecule has 0 aliphatic carbocycles. The third-order valence-corrected chi connectivity index (χ3v) is 2.67. The van der Waals surface area contributed by atoms with Crippen LogP contribution in [0.2, 0.25) is 0 Å². The summed E-state index contributed by atoms with van der Waals surface area (Å²) in [6, 6.07) is 7.12. The van der Waals surface area contributed by atoms with Crippen molar-refractivity contribution in [1.82, 2.24) is 9.97 Å². The fourth-order valence-electron chi connectivity index (χ4n) is 1.73.